The zero-order valence-corrected chi connectivity index (χ0v) is 13.8. The molecule has 20 heavy (non-hydrogen) atoms. The van der Waals surface area contributed by atoms with Crippen molar-refractivity contribution < 1.29 is 24.8 Å². The van der Waals surface area contributed by atoms with E-state index >= 15 is 0 Å². The Kier molecular flexibility index (Phi) is 4.53. The second-order valence-corrected chi connectivity index (χ2v) is 4.59. The molecule has 1 aromatic heterocycles. The molecule has 3 rings (SSSR count). The molecule has 1 heterocycles. The van der Waals surface area contributed by atoms with Crippen molar-refractivity contribution in [3.8, 4) is 11.4 Å². The summed E-state index contributed by atoms with van der Waals surface area (Å²) in [5.41, 5.74) is 4.67. The zero-order valence-electron chi connectivity index (χ0n) is 11.4. The van der Waals surface area contributed by atoms with E-state index in [4.69, 9.17) is 0 Å². The Labute approximate surface area is 133 Å². The summed E-state index contributed by atoms with van der Waals surface area (Å²) in [6.45, 7) is 4.25. The largest absolute Gasteiger partial charge is 0.211 e. The Balaban J connectivity index is 0.00000147. The average Bonchev–Trinajstić information content (AvgIpc) is 2.89. The SMILES string of the molecule is Cc1cccc(C)c1-n1cc[c-][n+]1-c1[c-]cccc1.[Ir]. The third-order valence-electron chi connectivity index (χ3n) is 3.22. The van der Waals surface area contributed by atoms with Gasteiger partial charge in [-0.15, -0.1) is 0 Å². The molecule has 0 aliphatic rings. The van der Waals surface area contributed by atoms with Gasteiger partial charge in [0.1, 0.15) is 6.20 Å². The van der Waals surface area contributed by atoms with Gasteiger partial charge in [0.15, 0.2) is 0 Å². The number of para-hydroxylation sites is 2. The summed E-state index contributed by atoms with van der Waals surface area (Å²) in [6.07, 6.45) is 5.25. The monoisotopic (exact) mass is 440 g/mol. The summed E-state index contributed by atoms with van der Waals surface area (Å²) in [6, 6.07) is 19.4. The minimum absolute atomic E-state index is 0. The molecule has 3 aromatic rings. The first kappa shape index (κ1) is 14.7. The summed E-state index contributed by atoms with van der Waals surface area (Å²) in [5, 5.41) is 0. The molecule has 0 spiro atoms. The standard InChI is InChI=1S/C17H15N2.Ir/c1-14-8-6-9-15(2)17(14)19-13-7-12-18(19)16-10-4-3-5-11-16;/h3-10,13H,1-2H3;/q-1;. The topological polar surface area (TPSA) is 8.81 Å². The Morgan fingerprint density at radius 2 is 1.70 bits per heavy atom. The van der Waals surface area contributed by atoms with Crippen LogP contribution in [0.4, 0.5) is 0 Å². The first-order valence-electron chi connectivity index (χ1n) is 6.32. The second-order valence-electron chi connectivity index (χ2n) is 4.59. The molecule has 0 N–H and O–H groups in total. The molecule has 2 aromatic carbocycles. The van der Waals surface area contributed by atoms with Crippen LogP contribution < -0.4 is 4.68 Å². The van der Waals surface area contributed by atoms with Crippen LogP contribution in [0.1, 0.15) is 11.1 Å². The van der Waals surface area contributed by atoms with Gasteiger partial charge >= 0.3 is 0 Å². The third-order valence-corrected chi connectivity index (χ3v) is 3.22. The van der Waals surface area contributed by atoms with Crippen LogP contribution in [0.25, 0.3) is 11.4 Å². The minimum atomic E-state index is 0. The molecule has 0 saturated heterocycles. The summed E-state index contributed by atoms with van der Waals surface area (Å²) in [4.78, 5) is 0. The fraction of sp³-hybridized carbons (Fsp3) is 0.118. The number of hydrogen-bond acceptors (Lipinski definition) is 0. The van der Waals surface area contributed by atoms with Crippen molar-refractivity contribution in [2.24, 2.45) is 0 Å². The molecule has 0 unspecified atom stereocenters. The fourth-order valence-electron chi connectivity index (χ4n) is 2.35. The predicted octanol–water partition coefficient (Wildman–Crippen LogP) is 2.97. The van der Waals surface area contributed by atoms with Crippen LogP contribution in [0.2, 0.25) is 0 Å². The second kappa shape index (κ2) is 6.17. The van der Waals surface area contributed by atoms with E-state index in [0.717, 1.165) is 5.69 Å². The predicted molar refractivity (Wildman–Crippen MR) is 74.4 cm³/mol. The van der Waals surface area contributed by atoms with Gasteiger partial charge in [0, 0.05) is 25.8 Å². The van der Waals surface area contributed by atoms with Gasteiger partial charge in [-0.2, -0.15) is 35.0 Å². The van der Waals surface area contributed by atoms with Crippen molar-refractivity contribution in [1.29, 1.82) is 0 Å². The van der Waals surface area contributed by atoms with Crippen molar-refractivity contribution >= 4 is 0 Å². The van der Waals surface area contributed by atoms with Crippen LogP contribution in [0.5, 0.6) is 0 Å². The Morgan fingerprint density at radius 3 is 2.35 bits per heavy atom. The number of hydrogen-bond donors (Lipinski definition) is 0. The van der Waals surface area contributed by atoms with E-state index in [9.17, 15) is 0 Å². The van der Waals surface area contributed by atoms with Crippen LogP contribution in [-0.2, 0) is 20.1 Å². The van der Waals surface area contributed by atoms with Crippen molar-refractivity contribution in [2.45, 2.75) is 13.8 Å². The van der Waals surface area contributed by atoms with Gasteiger partial charge in [-0.1, -0.05) is 24.3 Å². The van der Waals surface area contributed by atoms with Gasteiger partial charge in [-0.25, -0.2) is 4.68 Å². The number of benzene rings is 2. The summed E-state index contributed by atoms with van der Waals surface area (Å²) >= 11 is 0. The Morgan fingerprint density at radius 1 is 0.950 bits per heavy atom. The molecule has 0 amide bonds. The van der Waals surface area contributed by atoms with Crippen LogP contribution in [-0.4, -0.2) is 4.68 Å². The Bertz CT molecular complexity index is 682. The number of aromatic nitrogens is 2. The molecule has 103 valence electrons. The van der Waals surface area contributed by atoms with Gasteiger partial charge in [0.2, 0.25) is 0 Å². The molecule has 0 aliphatic heterocycles. The normalized spacial score (nSPS) is 10.1. The van der Waals surface area contributed by atoms with Gasteiger partial charge in [0.25, 0.3) is 0 Å². The number of aryl methyl sites for hydroxylation is 2. The van der Waals surface area contributed by atoms with E-state index in [0.29, 0.717) is 0 Å². The van der Waals surface area contributed by atoms with Crippen LogP contribution in [0, 0.1) is 26.1 Å². The summed E-state index contributed by atoms with van der Waals surface area (Å²) in [5.74, 6) is 0. The van der Waals surface area contributed by atoms with Crippen molar-refractivity contribution in [3.63, 3.8) is 0 Å². The Hall–Kier alpha value is -1.70. The molecule has 0 fully saturated rings. The smallest absolute Gasteiger partial charge is 0.145 e. The molecule has 1 radical (unpaired) electrons. The average molecular weight is 440 g/mol. The number of rotatable bonds is 2. The van der Waals surface area contributed by atoms with Crippen LogP contribution in [0.15, 0.2) is 54.7 Å². The first-order valence-corrected chi connectivity index (χ1v) is 6.32. The molecule has 0 atom stereocenters. The van der Waals surface area contributed by atoms with Crippen molar-refractivity contribution in [2.75, 3.05) is 0 Å². The van der Waals surface area contributed by atoms with Crippen molar-refractivity contribution in [3.05, 3.63) is 78.1 Å². The van der Waals surface area contributed by atoms with E-state index in [1.54, 1.807) is 0 Å². The van der Waals surface area contributed by atoms with E-state index < -0.39 is 0 Å². The minimum Gasteiger partial charge on any atom is -0.211 e. The molecule has 0 bridgehead atoms. The summed E-state index contributed by atoms with van der Waals surface area (Å²) < 4.78 is 4.09. The fourth-order valence-corrected chi connectivity index (χ4v) is 2.35. The van der Waals surface area contributed by atoms with Crippen LogP contribution in [0.3, 0.4) is 0 Å². The van der Waals surface area contributed by atoms with Gasteiger partial charge in [0.05, 0.1) is 5.69 Å². The van der Waals surface area contributed by atoms with Gasteiger partial charge in [-0.3, -0.25) is 0 Å². The maximum Gasteiger partial charge on any atom is 0.145 e. The first-order chi connectivity index (χ1) is 9.27. The van der Waals surface area contributed by atoms with Gasteiger partial charge < -0.3 is 0 Å². The van der Waals surface area contributed by atoms with E-state index in [2.05, 4.69) is 49.0 Å². The molecule has 3 heteroatoms. The van der Waals surface area contributed by atoms with E-state index in [1.807, 2.05) is 41.2 Å². The summed E-state index contributed by atoms with van der Waals surface area (Å²) in [7, 11) is 0. The zero-order chi connectivity index (χ0) is 13.2. The van der Waals surface area contributed by atoms with E-state index in [1.165, 1.54) is 16.8 Å². The van der Waals surface area contributed by atoms with Gasteiger partial charge in [-0.05, 0) is 31.2 Å². The van der Waals surface area contributed by atoms with Crippen molar-refractivity contribution in [1.82, 2.24) is 4.68 Å². The maximum atomic E-state index is 3.23. The number of nitrogens with zero attached hydrogens (tertiary/aromatic N) is 2. The van der Waals surface area contributed by atoms with E-state index in [-0.39, 0.29) is 20.1 Å². The quantitative estimate of drug-likeness (QED) is 0.429. The third kappa shape index (κ3) is 2.60. The molecule has 0 saturated carbocycles. The molecule has 2 nitrogen and oxygen atoms in total. The molecular formula is C17H15IrN2-. The van der Waals surface area contributed by atoms with Crippen LogP contribution >= 0.6 is 0 Å². The maximum absolute atomic E-state index is 3.23. The molecular weight excluding hydrogens is 424 g/mol. The molecule has 0 aliphatic carbocycles.